The Morgan fingerprint density at radius 1 is 1.14 bits per heavy atom. The van der Waals surface area contributed by atoms with Crippen molar-refractivity contribution in [2.24, 2.45) is 0 Å². The van der Waals surface area contributed by atoms with Crippen molar-refractivity contribution in [1.82, 2.24) is 0 Å². The minimum absolute atomic E-state index is 0.140. The molecule has 0 radical (unpaired) electrons. The lowest BCUT2D eigenvalue weighted by Crippen LogP contribution is -2.09. The largest absolute Gasteiger partial charge is 0.481 e. The maximum atomic E-state index is 10.2. The Morgan fingerprint density at radius 3 is 2.14 bits per heavy atom. The molecule has 84 valence electrons. The maximum Gasteiger partial charge on any atom is 0.303 e. The van der Waals surface area contributed by atoms with Crippen LogP contribution in [-0.2, 0) is 4.79 Å². The van der Waals surface area contributed by atoms with E-state index in [9.17, 15) is 4.79 Å². The molecule has 0 aliphatic carbocycles. The van der Waals surface area contributed by atoms with E-state index in [0.29, 0.717) is 6.42 Å². The summed E-state index contributed by atoms with van der Waals surface area (Å²) in [6.07, 6.45) is 6.86. The van der Waals surface area contributed by atoms with Crippen molar-refractivity contribution in [1.29, 1.82) is 0 Å². The predicted molar refractivity (Wildman–Crippen MR) is 63.0 cm³/mol. The van der Waals surface area contributed by atoms with Gasteiger partial charge in [-0.2, -0.15) is 12.6 Å². The Hall–Kier alpha value is -0.180. The van der Waals surface area contributed by atoms with Crippen molar-refractivity contribution in [3.05, 3.63) is 0 Å². The average molecular weight is 218 g/mol. The first-order chi connectivity index (χ1) is 6.42. The van der Waals surface area contributed by atoms with Gasteiger partial charge in [-0.15, -0.1) is 0 Å². The summed E-state index contributed by atoms with van der Waals surface area (Å²) >= 11 is 4.45. The van der Waals surface area contributed by atoms with Crippen molar-refractivity contribution in [3.63, 3.8) is 0 Å². The van der Waals surface area contributed by atoms with Gasteiger partial charge >= 0.3 is 5.97 Å². The molecule has 0 saturated heterocycles. The molecule has 0 aromatic heterocycles. The van der Waals surface area contributed by atoms with Crippen LogP contribution in [0, 0.1) is 0 Å². The third-order valence-corrected chi connectivity index (χ3v) is 2.40. The minimum Gasteiger partial charge on any atom is -0.481 e. The first-order valence-corrected chi connectivity index (χ1v) is 5.81. The molecule has 0 atom stereocenters. The van der Waals surface area contributed by atoms with E-state index in [2.05, 4.69) is 26.5 Å². The van der Waals surface area contributed by atoms with E-state index in [4.69, 9.17) is 5.11 Å². The molecule has 0 rings (SSSR count). The highest BCUT2D eigenvalue weighted by atomic mass is 32.1. The van der Waals surface area contributed by atoms with Crippen molar-refractivity contribution in [3.8, 4) is 0 Å². The molecule has 2 nitrogen and oxygen atoms in total. The Labute approximate surface area is 92.5 Å². The van der Waals surface area contributed by atoms with Crippen LogP contribution in [0.4, 0.5) is 0 Å². The van der Waals surface area contributed by atoms with E-state index in [0.717, 1.165) is 25.7 Å². The Balaban J connectivity index is 3.11. The van der Waals surface area contributed by atoms with Crippen LogP contribution in [0.3, 0.4) is 0 Å². The Bertz CT molecular complexity index is 161. The smallest absolute Gasteiger partial charge is 0.303 e. The molecule has 0 fully saturated rings. The minimum atomic E-state index is -0.679. The number of hydrogen-bond acceptors (Lipinski definition) is 2. The number of carboxylic acids is 1. The maximum absolute atomic E-state index is 10.2. The lowest BCUT2D eigenvalue weighted by Gasteiger charge is -2.16. The zero-order chi connectivity index (χ0) is 11.0. The molecule has 0 bridgehead atoms. The van der Waals surface area contributed by atoms with Crippen LogP contribution < -0.4 is 0 Å². The van der Waals surface area contributed by atoms with E-state index in [1.807, 2.05) is 0 Å². The molecular formula is C11H22O2S. The summed E-state index contributed by atoms with van der Waals surface area (Å²) in [4.78, 5) is 10.2. The van der Waals surface area contributed by atoms with Gasteiger partial charge in [0.1, 0.15) is 0 Å². The first kappa shape index (κ1) is 13.8. The van der Waals surface area contributed by atoms with Gasteiger partial charge in [-0.3, -0.25) is 4.79 Å². The number of aliphatic carboxylic acids is 1. The average Bonchev–Trinajstić information content (AvgIpc) is 2.00. The van der Waals surface area contributed by atoms with Crippen molar-refractivity contribution >= 4 is 18.6 Å². The van der Waals surface area contributed by atoms with E-state index >= 15 is 0 Å². The van der Waals surface area contributed by atoms with Gasteiger partial charge in [0.2, 0.25) is 0 Å². The molecule has 0 aliphatic rings. The monoisotopic (exact) mass is 218 g/mol. The predicted octanol–water partition coefficient (Wildman–Crippen LogP) is 3.51. The van der Waals surface area contributed by atoms with E-state index in [1.165, 1.54) is 12.8 Å². The second-order valence-corrected chi connectivity index (χ2v) is 5.68. The quantitative estimate of drug-likeness (QED) is 0.483. The number of carbonyl (C=O) groups is 1. The molecule has 0 aromatic carbocycles. The third-order valence-electron chi connectivity index (χ3n) is 2.18. The molecule has 0 aliphatic heterocycles. The number of unbranched alkanes of at least 4 members (excludes halogenated alkanes) is 4. The van der Waals surface area contributed by atoms with Crippen molar-refractivity contribution < 1.29 is 9.90 Å². The van der Waals surface area contributed by atoms with E-state index in [1.54, 1.807) is 0 Å². The molecule has 14 heavy (non-hydrogen) atoms. The third kappa shape index (κ3) is 11.8. The van der Waals surface area contributed by atoms with Crippen molar-refractivity contribution in [2.45, 2.75) is 63.5 Å². The van der Waals surface area contributed by atoms with Gasteiger partial charge in [0.15, 0.2) is 0 Å². The van der Waals surface area contributed by atoms with Gasteiger partial charge in [0, 0.05) is 11.2 Å². The summed E-state index contributed by atoms with van der Waals surface area (Å²) in [7, 11) is 0. The van der Waals surface area contributed by atoms with Crippen LogP contribution in [-0.4, -0.2) is 15.8 Å². The summed E-state index contributed by atoms with van der Waals surface area (Å²) < 4.78 is 0.140. The fourth-order valence-corrected chi connectivity index (χ4v) is 1.52. The number of thiol groups is 1. The molecule has 0 amide bonds. The van der Waals surface area contributed by atoms with Crippen LogP contribution in [0.2, 0.25) is 0 Å². The highest BCUT2D eigenvalue weighted by Gasteiger charge is 2.09. The molecule has 0 heterocycles. The van der Waals surface area contributed by atoms with Gasteiger partial charge < -0.3 is 5.11 Å². The first-order valence-electron chi connectivity index (χ1n) is 5.36. The van der Waals surface area contributed by atoms with E-state index in [-0.39, 0.29) is 4.75 Å². The highest BCUT2D eigenvalue weighted by molar-refractivity contribution is 7.81. The second kappa shape index (κ2) is 7.16. The molecule has 1 N–H and O–H groups in total. The zero-order valence-electron chi connectivity index (χ0n) is 9.25. The topological polar surface area (TPSA) is 37.3 Å². The summed E-state index contributed by atoms with van der Waals surface area (Å²) in [6, 6.07) is 0. The SMILES string of the molecule is CC(C)(S)CCCCCCCC(=O)O. The second-order valence-electron chi connectivity index (χ2n) is 4.47. The van der Waals surface area contributed by atoms with E-state index < -0.39 is 5.97 Å². The normalized spacial score (nSPS) is 11.6. The number of carboxylic acid groups (broad SMARTS) is 1. The fraction of sp³-hybridized carbons (Fsp3) is 0.909. The van der Waals surface area contributed by atoms with Gasteiger partial charge in [-0.1, -0.05) is 39.5 Å². The number of rotatable bonds is 8. The molecular weight excluding hydrogens is 196 g/mol. The zero-order valence-corrected chi connectivity index (χ0v) is 10.1. The van der Waals surface area contributed by atoms with Gasteiger partial charge in [0.05, 0.1) is 0 Å². The molecule has 0 spiro atoms. The molecule has 0 saturated carbocycles. The lowest BCUT2D eigenvalue weighted by atomic mass is 10.0. The molecule has 0 unspecified atom stereocenters. The van der Waals surface area contributed by atoms with Gasteiger partial charge in [-0.25, -0.2) is 0 Å². The standard InChI is InChI=1S/C11H22O2S/c1-11(2,14)9-7-5-3-4-6-8-10(12)13/h14H,3-9H2,1-2H3,(H,12,13). The lowest BCUT2D eigenvalue weighted by molar-refractivity contribution is -0.137. The van der Waals surface area contributed by atoms with Crippen molar-refractivity contribution in [2.75, 3.05) is 0 Å². The Morgan fingerprint density at radius 2 is 1.64 bits per heavy atom. The van der Waals surface area contributed by atoms with Crippen LogP contribution in [0.1, 0.15) is 58.8 Å². The highest BCUT2D eigenvalue weighted by Crippen LogP contribution is 2.20. The Kier molecular flexibility index (Phi) is 7.06. The summed E-state index contributed by atoms with van der Waals surface area (Å²) in [5.41, 5.74) is 0. The fourth-order valence-electron chi connectivity index (χ4n) is 1.36. The summed E-state index contributed by atoms with van der Waals surface area (Å²) in [6.45, 7) is 4.25. The summed E-state index contributed by atoms with van der Waals surface area (Å²) in [5, 5.41) is 8.41. The molecule has 0 aromatic rings. The van der Waals surface area contributed by atoms with Crippen LogP contribution in [0.5, 0.6) is 0 Å². The van der Waals surface area contributed by atoms with Gasteiger partial charge in [-0.05, 0) is 12.8 Å². The van der Waals surface area contributed by atoms with Crippen LogP contribution in [0.15, 0.2) is 0 Å². The molecule has 3 heteroatoms. The van der Waals surface area contributed by atoms with Gasteiger partial charge in [0.25, 0.3) is 0 Å². The van der Waals surface area contributed by atoms with Crippen LogP contribution >= 0.6 is 12.6 Å². The summed E-state index contributed by atoms with van der Waals surface area (Å²) in [5.74, 6) is -0.679. The number of hydrogen-bond donors (Lipinski definition) is 2. The van der Waals surface area contributed by atoms with Crippen LogP contribution in [0.25, 0.3) is 0 Å².